The summed E-state index contributed by atoms with van der Waals surface area (Å²) in [5, 5.41) is 19.1. The molecule has 0 fully saturated rings. The van der Waals surface area contributed by atoms with Crippen LogP contribution in [0.1, 0.15) is 5.56 Å². The van der Waals surface area contributed by atoms with Crippen molar-refractivity contribution in [3.63, 3.8) is 0 Å². The summed E-state index contributed by atoms with van der Waals surface area (Å²) in [5.74, 6) is 0.616. The maximum absolute atomic E-state index is 10.9. The predicted molar refractivity (Wildman–Crippen MR) is 100.0 cm³/mol. The molecule has 0 saturated carbocycles. The number of nitrogens with zero attached hydrogens (tertiary/aromatic N) is 6. The van der Waals surface area contributed by atoms with Gasteiger partial charge in [-0.25, -0.2) is 15.0 Å². The lowest BCUT2D eigenvalue weighted by Crippen LogP contribution is -2.03. The Kier molecular flexibility index (Phi) is 4.17. The van der Waals surface area contributed by atoms with Crippen molar-refractivity contribution in [2.75, 3.05) is 5.32 Å². The molecule has 3 aromatic heterocycles. The van der Waals surface area contributed by atoms with Gasteiger partial charge in [0.2, 0.25) is 0 Å². The number of nitro groups is 1. The van der Waals surface area contributed by atoms with Gasteiger partial charge in [-0.05, 0) is 11.6 Å². The van der Waals surface area contributed by atoms with Crippen molar-refractivity contribution in [1.29, 1.82) is 0 Å². The summed E-state index contributed by atoms with van der Waals surface area (Å²) in [6.45, 7) is 0.394. The molecule has 0 unspecified atom stereocenters. The number of nitro benzene ring substituents is 1. The summed E-state index contributed by atoms with van der Waals surface area (Å²) < 4.78 is 1.72. The molecule has 0 aliphatic rings. The second-order valence-electron chi connectivity index (χ2n) is 6.00. The molecule has 0 saturated heterocycles. The van der Waals surface area contributed by atoms with Crippen LogP contribution in [0.2, 0.25) is 0 Å². The fraction of sp³-hybridized carbons (Fsp3) is 0.111. The van der Waals surface area contributed by atoms with Gasteiger partial charge in [0.25, 0.3) is 5.69 Å². The van der Waals surface area contributed by atoms with Crippen LogP contribution in [0.3, 0.4) is 0 Å². The lowest BCUT2D eigenvalue weighted by Gasteiger charge is -2.09. The number of aryl methyl sites for hydroxylation is 1. The Hall–Kier alpha value is -3.88. The number of benzene rings is 1. The van der Waals surface area contributed by atoms with E-state index in [2.05, 4.69) is 25.4 Å². The van der Waals surface area contributed by atoms with Gasteiger partial charge in [-0.2, -0.15) is 5.10 Å². The van der Waals surface area contributed by atoms with Gasteiger partial charge in [-0.1, -0.05) is 12.1 Å². The molecule has 1 N–H and O–H groups in total. The Morgan fingerprint density at radius 1 is 1.15 bits per heavy atom. The minimum atomic E-state index is -0.409. The van der Waals surface area contributed by atoms with E-state index in [0.29, 0.717) is 18.0 Å². The van der Waals surface area contributed by atoms with Crippen LogP contribution >= 0.6 is 0 Å². The van der Waals surface area contributed by atoms with Crippen molar-refractivity contribution in [3.05, 3.63) is 70.9 Å². The standard InChI is InChI=1S/C18H15N7O2/c1-24-10-14(9-23-24)13-6-16-17(21-11-22-18(16)20-8-13)19-7-12-3-2-4-15(5-12)25(26)27/h2-6,8-11H,7H2,1H3,(H,19,20,21,22). The highest BCUT2D eigenvalue weighted by Gasteiger charge is 2.10. The van der Waals surface area contributed by atoms with Crippen molar-refractivity contribution in [2.24, 2.45) is 7.05 Å². The van der Waals surface area contributed by atoms with E-state index in [-0.39, 0.29) is 5.69 Å². The third-order valence-electron chi connectivity index (χ3n) is 4.11. The summed E-state index contributed by atoms with van der Waals surface area (Å²) in [6.07, 6.45) is 6.86. The zero-order valence-corrected chi connectivity index (χ0v) is 14.4. The number of non-ortho nitro benzene ring substituents is 1. The molecule has 9 heteroatoms. The molecule has 0 aliphatic carbocycles. The molecule has 134 valence electrons. The predicted octanol–water partition coefficient (Wildman–Crippen LogP) is 2.95. The van der Waals surface area contributed by atoms with Gasteiger partial charge in [0.1, 0.15) is 12.1 Å². The van der Waals surface area contributed by atoms with Crippen LogP contribution < -0.4 is 5.32 Å². The van der Waals surface area contributed by atoms with Crippen molar-refractivity contribution >= 4 is 22.5 Å². The van der Waals surface area contributed by atoms with Crippen molar-refractivity contribution in [2.45, 2.75) is 6.54 Å². The van der Waals surface area contributed by atoms with Gasteiger partial charge in [0, 0.05) is 49.2 Å². The Morgan fingerprint density at radius 3 is 2.81 bits per heavy atom. The number of rotatable bonds is 5. The quantitative estimate of drug-likeness (QED) is 0.429. The summed E-state index contributed by atoms with van der Waals surface area (Å²) in [7, 11) is 1.85. The Labute approximate surface area is 153 Å². The maximum atomic E-state index is 10.9. The first-order chi connectivity index (χ1) is 13.1. The van der Waals surface area contributed by atoms with Gasteiger partial charge in [0.15, 0.2) is 5.65 Å². The smallest absolute Gasteiger partial charge is 0.269 e. The maximum Gasteiger partial charge on any atom is 0.269 e. The third-order valence-corrected chi connectivity index (χ3v) is 4.11. The SMILES string of the molecule is Cn1cc(-c2cnc3ncnc(NCc4cccc([N+](=O)[O-])c4)c3c2)cn1. The zero-order chi connectivity index (χ0) is 18.8. The highest BCUT2D eigenvalue weighted by Crippen LogP contribution is 2.25. The summed E-state index contributed by atoms with van der Waals surface area (Å²) >= 11 is 0. The molecule has 4 aromatic rings. The Bertz CT molecular complexity index is 1140. The summed E-state index contributed by atoms with van der Waals surface area (Å²) in [6, 6.07) is 8.44. The zero-order valence-electron chi connectivity index (χ0n) is 14.4. The van der Waals surface area contributed by atoms with Crippen LogP contribution in [0.15, 0.2) is 55.2 Å². The molecule has 4 rings (SSSR count). The average molecular weight is 361 g/mol. The molecule has 27 heavy (non-hydrogen) atoms. The van der Waals surface area contributed by atoms with E-state index >= 15 is 0 Å². The molecular weight excluding hydrogens is 346 g/mol. The topological polar surface area (TPSA) is 112 Å². The van der Waals surface area contributed by atoms with Crippen LogP contribution in [0.5, 0.6) is 0 Å². The number of aromatic nitrogens is 5. The fourth-order valence-corrected chi connectivity index (χ4v) is 2.78. The molecule has 0 radical (unpaired) electrons. The molecule has 0 spiro atoms. The second-order valence-corrected chi connectivity index (χ2v) is 6.00. The number of fused-ring (bicyclic) bond motifs is 1. The number of anilines is 1. The number of nitrogens with one attached hydrogen (secondary N) is 1. The first kappa shape index (κ1) is 16.6. The van der Waals surface area contributed by atoms with Crippen LogP contribution in [-0.2, 0) is 13.6 Å². The van der Waals surface area contributed by atoms with Crippen LogP contribution in [0.4, 0.5) is 11.5 Å². The third kappa shape index (κ3) is 3.43. The molecule has 0 aliphatic heterocycles. The number of hydrogen-bond acceptors (Lipinski definition) is 7. The average Bonchev–Trinajstić information content (AvgIpc) is 3.12. The molecule has 0 atom stereocenters. The molecular formula is C18H15N7O2. The minimum Gasteiger partial charge on any atom is -0.365 e. The van der Waals surface area contributed by atoms with Gasteiger partial charge < -0.3 is 5.32 Å². The van der Waals surface area contributed by atoms with Crippen LogP contribution in [0.25, 0.3) is 22.2 Å². The van der Waals surface area contributed by atoms with E-state index in [1.807, 2.05) is 25.4 Å². The van der Waals surface area contributed by atoms with Gasteiger partial charge in [-0.3, -0.25) is 14.8 Å². The molecule has 0 amide bonds. The normalized spacial score (nSPS) is 10.9. The van der Waals surface area contributed by atoms with E-state index in [1.165, 1.54) is 18.5 Å². The minimum absolute atomic E-state index is 0.0578. The Morgan fingerprint density at radius 2 is 2.04 bits per heavy atom. The summed E-state index contributed by atoms with van der Waals surface area (Å²) in [4.78, 5) is 23.4. The fourth-order valence-electron chi connectivity index (χ4n) is 2.78. The van der Waals surface area contributed by atoms with Crippen LogP contribution in [0, 0.1) is 10.1 Å². The summed E-state index contributed by atoms with van der Waals surface area (Å²) in [5.41, 5.74) is 3.26. The highest BCUT2D eigenvalue weighted by molar-refractivity contribution is 5.89. The van der Waals surface area contributed by atoms with Gasteiger partial charge in [-0.15, -0.1) is 0 Å². The van der Waals surface area contributed by atoms with Crippen LogP contribution in [-0.4, -0.2) is 29.7 Å². The van der Waals surface area contributed by atoms with Crippen molar-refractivity contribution < 1.29 is 4.92 Å². The first-order valence-corrected chi connectivity index (χ1v) is 8.17. The van der Waals surface area contributed by atoms with Gasteiger partial charge >= 0.3 is 0 Å². The van der Waals surface area contributed by atoms with E-state index < -0.39 is 4.92 Å². The molecule has 3 heterocycles. The van der Waals surface area contributed by atoms with Crippen molar-refractivity contribution in [3.8, 4) is 11.1 Å². The molecule has 1 aromatic carbocycles. The second kappa shape index (κ2) is 6.79. The Balaban J connectivity index is 1.65. The number of pyridine rings is 1. The van der Waals surface area contributed by atoms with E-state index in [9.17, 15) is 10.1 Å². The lowest BCUT2D eigenvalue weighted by atomic mass is 10.1. The van der Waals surface area contributed by atoms with E-state index in [0.717, 1.165) is 22.1 Å². The number of hydrogen-bond donors (Lipinski definition) is 1. The van der Waals surface area contributed by atoms with Gasteiger partial charge in [0.05, 0.1) is 16.5 Å². The lowest BCUT2D eigenvalue weighted by molar-refractivity contribution is -0.384. The molecule has 9 nitrogen and oxygen atoms in total. The first-order valence-electron chi connectivity index (χ1n) is 8.17. The monoisotopic (exact) mass is 361 g/mol. The van der Waals surface area contributed by atoms with E-state index in [1.54, 1.807) is 23.1 Å². The highest BCUT2D eigenvalue weighted by atomic mass is 16.6. The largest absolute Gasteiger partial charge is 0.365 e. The molecule has 0 bridgehead atoms. The van der Waals surface area contributed by atoms with E-state index in [4.69, 9.17) is 0 Å². The van der Waals surface area contributed by atoms with Crippen molar-refractivity contribution in [1.82, 2.24) is 24.7 Å².